The van der Waals surface area contributed by atoms with E-state index in [2.05, 4.69) is 5.32 Å². The largest absolute Gasteiger partial charge is 0.423 e. The van der Waals surface area contributed by atoms with E-state index in [4.69, 9.17) is 4.74 Å². The van der Waals surface area contributed by atoms with Gasteiger partial charge in [-0.2, -0.15) is 13.2 Å². The predicted octanol–water partition coefficient (Wildman–Crippen LogP) is 2.98. The zero-order valence-corrected chi connectivity index (χ0v) is 14.0. The van der Waals surface area contributed by atoms with Crippen LogP contribution < -0.4 is 15.0 Å². The fourth-order valence-corrected chi connectivity index (χ4v) is 2.70. The molecule has 1 heterocycles. The van der Waals surface area contributed by atoms with Gasteiger partial charge in [-0.05, 0) is 18.2 Å². The third-order valence-corrected chi connectivity index (χ3v) is 3.88. The van der Waals surface area contributed by atoms with Gasteiger partial charge in [0.25, 0.3) is 5.69 Å². The van der Waals surface area contributed by atoms with Gasteiger partial charge in [0.05, 0.1) is 34.5 Å². The maximum absolute atomic E-state index is 13.0. The quantitative estimate of drug-likeness (QED) is 0.370. The minimum atomic E-state index is -4.65. The summed E-state index contributed by atoms with van der Waals surface area (Å²) in [6.45, 7) is -0.786. The van der Waals surface area contributed by atoms with E-state index in [1.807, 2.05) is 0 Å². The topological polar surface area (TPSA) is 102 Å². The van der Waals surface area contributed by atoms with Crippen molar-refractivity contribution in [1.82, 2.24) is 0 Å². The number of nitrogens with one attached hydrogen (secondary N) is 1. The minimum Gasteiger partial charge on any atom is -0.423 e. The number of rotatable bonds is 4. The van der Waals surface area contributed by atoms with Gasteiger partial charge in [0.15, 0.2) is 5.75 Å². The van der Waals surface area contributed by atoms with Crippen molar-refractivity contribution in [2.24, 2.45) is 0 Å². The molecule has 0 unspecified atom stereocenters. The van der Waals surface area contributed by atoms with Crippen LogP contribution in [0.1, 0.15) is 5.56 Å². The standard InChI is InChI=1S/C17H12F3N3O5/c18-17(19,20)11-3-1-2-4-12(11)21-15(24)8-22-9-16(25)28-14-7-10(23(26)27)5-6-13(14)22/h1-7H,8-9H2,(H,21,24). The number of benzene rings is 2. The Morgan fingerprint density at radius 2 is 1.96 bits per heavy atom. The summed E-state index contributed by atoms with van der Waals surface area (Å²) in [6, 6.07) is 8.00. The van der Waals surface area contributed by atoms with Crippen molar-refractivity contribution in [3.63, 3.8) is 0 Å². The Morgan fingerprint density at radius 1 is 1.25 bits per heavy atom. The number of esters is 1. The van der Waals surface area contributed by atoms with Crippen molar-refractivity contribution in [2.75, 3.05) is 23.3 Å². The molecule has 0 saturated heterocycles. The second kappa shape index (κ2) is 7.18. The van der Waals surface area contributed by atoms with Gasteiger partial charge in [-0.15, -0.1) is 0 Å². The van der Waals surface area contributed by atoms with Crippen LogP contribution >= 0.6 is 0 Å². The van der Waals surface area contributed by atoms with Crippen molar-refractivity contribution < 1.29 is 32.4 Å². The number of amides is 1. The van der Waals surface area contributed by atoms with Crippen LogP contribution in [-0.2, 0) is 15.8 Å². The highest BCUT2D eigenvalue weighted by atomic mass is 19.4. The highest BCUT2D eigenvalue weighted by Gasteiger charge is 2.34. The maximum atomic E-state index is 13.0. The number of ether oxygens (including phenoxy) is 1. The Labute approximate surface area is 155 Å². The molecule has 0 fully saturated rings. The zero-order chi connectivity index (χ0) is 20.5. The number of nitrogens with zero attached hydrogens (tertiary/aromatic N) is 2. The van der Waals surface area contributed by atoms with Crippen LogP contribution in [0.15, 0.2) is 42.5 Å². The number of halogens is 3. The number of non-ortho nitro benzene ring substituents is 1. The first-order chi connectivity index (χ1) is 13.1. The molecule has 0 atom stereocenters. The summed E-state index contributed by atoms with van der Waals surface area (Å²) in [6.07, 6.45) is -4.65. The Bertz CT molecular complexity index is 961. The number of hydrogen-bond acceptors (Lipinski definition) is 6. The fourth-order valence-electron chi connectivity index (χ4n) is 2.70. The molecule has 2 aromatic carbocycles. The molecule has 0 bridgehead atoms. The van der Waals surface area contributed by atoms with Crippen LogP contribution in [0.2, 0.25) is 0 Å². The summed E-state index contributed by atoms with van der Waals surface area (Å²) in [5.74, 6) is -1.65. The van der Waals surface area contributed by atoms with Gasteiger partial charge in [0.2, 0.25) is 5.91 Å². The first kappa shape index (κ1) is 19.1. The highest BCUT2D eigenvalue weighted by molar-refractivity contribution is 5.97. The van der Waals surface area contributed by atoms with E-state index in [9.17, 15) is 32.9 Å². The number of nitro benzene ring substituents is 1. The lowest BCUT2D eigenvalue weighted by Crippen LogP contribution is -2.41. The van der Waals surface area contributed by atoms with E-state index < -0.39 is 40.8 Å². The Morgan fingerprint density at radius 3 is 2.64 bits per heavy atom. The number of fused-ring (bicyclic) bond motifs is 1. The molecule has 8 nitrogen and oxygen atoms in total. The summed E-state index contributed by atoms with van der Waals surface area (Å²) in [7, 11) is 0. The number of hydrogen-bond donors (Lipinski definition) is 1. The predicted molar refractivity (Wildman–Crippen MR) is 91.0 cm³/mol. The minimum absolute atomic E-state index is 0.103. The molecule has 1 aliphatic heterocycles. The van der Waals surface area contributed by atoms with E-state index in [0.29, 0.717) is 0 Å². The number of para-hydroxylation sites is 1. The van der Waals surface area contributed by atoms with E-state index in [0.717, 1.165) is 18.2 Å². The van der Waals surface area contributed by atoms with Crippen molar-refractivity contribution >= 4 is 28.9 Å². The SMILES string of the molecule is O=C(CN1CC(=O)Oc2cc([N+](=O)[O-])ccc21)Nc1ccccc1C(F)(F)F. The van der Waals surface area contributed by atoms with Crippen molar-refractivity contribution in [2.45, 2.75) is 6.18 Å². The average Bonchev–Trinajstić information content (AvgIpc) is 2.60. The summed E-state index contributed by atoms with van der Waals surface area (Å²) in [5, 5.41) is 13.0. The number of carbonyl (C=O) groups excluding carboxylic acids is 2. The van der Waals surface area contributed by atoms with Crippen molar-refractivity contribution in [1.29, 1.82) is 0 Å². The van der Waals surface area contributed by atoms with Crippen LogP contribution in [0.4, 0.5) is 30.2 Å². The lowest BCUT2D eigenvalue weighted by Gasteiger charge is -2.29. The van der Waals surface area contributed by atoms with Gasteiger partial charge in [-0.1, -0.05) is 12.1 Å². The molecule has 0 saturated carbocycles. The number of alkyl halides is 3. The van der Waals surface area contributed by atoms with Crippen LogP contribution in [0, 0.1) is 10.1 Å². The molecule has 1 N–H and O–H groups in total. The van der Waals surface area contributed by atoms with Crippen LogP contribution in [0.5, 0.6) is 5.75 Å². The van der Waals surface area contributed by atoms with Crippen molar-refractivity contribution in [3.8, 4) is 5.75 Å². The maximum Gasteiger partial charge on any atom is 0.418 e. The second-order valence-electron chi connectivity index (χ2n) is 5.83. The first-order valence-electron chi connectivity index (χ1n) is 7.85. The molecule has 0 aliphatic carbocycles. The van der Waals surface area contributed by atoms with Gasteiger partial charge in [0, 0.05) is 6.07 Å². The molecule has 0 spiro atoms. The molecule has 0 radical (unpaired) electrons. The first-order valence-corrected chi connectivity index (χ1v) is 7.85. The molecule has 2 aromatic rings. The van der Waals surface area contributed by atoms with Gasteiger partial charge >= 0.3 is 12.1 Å². The number of nitro groups is 1. The van der Waals surface area contributed by atoms with Crippen molar-refractivity contribution in [3.05, 3.63) is 58.1 Å². The molecule has 0 aromatic heterocycles. The van der Waals surface area contributed by atoms with Crippen LogP contribution in [0.3, 0.4) is 0 Å². The van der Waals surface area contributed by atoms with Gasteiger partial charge in [-0.25, -0.2) is 4.79 Å². The Hall–Kier alpha value is -3.63. The van der Waals surface area contributed by atoms with Gasteiger partial charge in [-0.3, -0.25) is 14.9 Å². The third kappa shape index (κ3) is 4.03. The van der Waals surface area contributed by atoms with Gasteiger partial charge in [0.1, 0.15) is 6.54 Å². The highest BCUT2D eigenvalue weighted by Crippen LogP contribution is 2.36. The Kier molecular flexibility index (Phi) is 4.91. The summed E-state index contributed by atoms with van der Waals surface area (Å²) < 4.78 is 44.0. The molecule has 28 heavy (non-hydrogen) atoms. The molecule has 1 aliphatic rings. The smallest absolute Gasteiger partial charge is 0.418 e. The van der Waals surface area contributed by atoms with E-state index in [-0.39, 0.29) is 23.7 Å². The molecular formula is C17H12F3N3O5. The van der Waals surface area contributed by atoms with E-state index >= 15 is 0 Å². The lowest BCUT2D eigenvalue weighted by atomic mass is 10.1. The number of carbonyl (C=O) groups is 2. The van der Waals surface area contributed by atoms with Crippen LogP contribution in [-0.4, -0.2) is 29.9 Å². The molecular weight excluding hydrogens is 383 g/mol. The summed E-state index contributed by atoms with van der Waals surface area (Å²) >= 11 is 0. The number of anilines is 2. The average molecular weight is 395 g/mol. The summed E-state index contributed by atoms with van der Waals surface area (Å²) in [4.78, 5) is 35.4. The zero-order valence-electron chi connectivity index (χ0n) is 14.0. The molecule has 146 valence electrons. The third-order valence-electron chi connectivity index (χ3n) is 3.88. The Balaban J connectivity index is 1.81. The summed E-state index contributed by atoms with van der Waals surface area (Å²) in [5.41, 5.74) is -1.48. The molecule has 1 amide bonds. The normalized spacial score (nSPS) is 13.5. The molecule has 11 heteroatoms. The van der Waals surface area contributed by atoms with Gasteiger partial charge < -0.3 is 15.0 Å². The second-order valence-corrected chi connectivity index (χ2v) is 5.83. The van der Waals surface area contributed by atoms with Crippen LogP contribution in [0.25, 0.3) is 0 Å². The van der Waals surface area contributed by atoms with E-state index in [1.54, 1.807) is 0 Å². The monoisotopic (exact) mass is 395 g/mol. The van der Waals surface area contributed by atoms with E-state index in [1.165, 1.54) is 29.2 Å². The fraction of sp³-hybridized carbons (Fsp3) is 0.176. The lowest BCUT2D eigenvalue weighted by molar-refractivity contribution is -0.384. The molecule has 3 rings (SSSR count).